The summed E-state index contributed by atoms with van der Waals surface area (Å²) in [6, 6.07) is 9.15. The lowest BCUT2D eigenvalue weighted by atomic mass is 9.95. The number of nitrogens with two attached hydrogens (primary N) is 1. The molecule has 1 aliphatic rings. The number of hydrogen-bond donors (Lipinski definition) is 3. The van der Waals surface area contributed by atoms with Gasteiger partial charge in [-0.2, -0.15) is 0 Å². The van der Waals surface area contributed by atoms with Crippen LogP contribution in [0.2, 0.25) is 0 Å². The fourth-order valence-electron chi connectivity index (χ4n) is 3.18. The maximum atomic E-state index is 5.55. The first-order chi connectivity index (χ1) is 9.40. The SMILES string of the molecule is NCCCCCC1NCCc2c1[nH]c1ccccc21. The van der Waals surface area contributed by atoms with E-state index in [2.05, 4.69) is 34.6 Å². The summed E-state index contributed by atoms with van der Waals surface area (Å²) in [5.41, 5.74) is 9.78. The summed E-state index contributed by atoms with van der Waals surface area (Å²) in [5, 5.41) is 5.06. The van der Waals surface area contributed by atoms with Crippen LogP contribution < -0.4 is 11.1 Å². The van der Waals surface area contributed by atoms with Crippen LogP contribution >= 0.6 is 0 Å². The lowest BCUT2D eigenvalue weighted by Gasteiger charge is -2.24. The standard InChI is InChI=1S/C16H23N3/c17-10-5-1-2-8-15-16-13(9-11-18-15)12-6-3-4-7-14(12)19-16/h3-4,6-7,15,18-19H,1-2,5,8-11,17H2. The Balaban J connectivity index is 1.79. The van der Waals surface area contributed by atoms with Crippen LogP contribution in [-0.4, -0.2) is 18.1 Å². The molecule has 3 heteroatoms. The van der Waals surface area contributed by atoms with E-state index in [0.29, 0.717) is 6.04 Å². The van der Waals surface area contributed by atoms with Crippen molar-refractivity contribution < 1.29 is 0 Å². The van der Waals surface area contributed by atoms with Gasteiger partial charge in [0.15, 0.2) is 0 Å². The highest BCUT2D eigenvalue weighted by Gasteiger charge is 2.22. The van der Waals surface area contributed by atoms with Crippen molar-refractivity contribution in [2.45, 2.75) is 38.1 Å². The van der Waals surface area contributed by atoms with Gasteiger partial charge in [0.2, 0.25) is 0 Å². The minimum atomic E-state index is 0.494. The second kappa shape index (κ2) is 5.76. The summed E-state index contributed by atoms with van der Waals surface area (Å²) in [6.07, 6.45) is 5.98. The quantitative estimate of drug-likeness (QED) is 0.721. The molecule has 1 atom stereocenters. The molecular formula is C16H23N3. The van der Waals surface area contributed by atoms with E-state index < -0.39 is 0 Å². The van der Waals surface area contributed by atoms with E-state index in [4.69, 9.17) is 5.73 Å². The molecule has 102 valence electrons. The normalized spacial score (nSPS) is 18.7. The van der Waals surface area contributed by atoms with E-state index in [9.17, 15) is 0 Å². The summed E-state index contributed by atoms with van der Waals surface area (Å²) >= 11 is 0. The first kappa shape index (κ1) is 12.7. The molecule has 1 unspecified atom stereocenters. The Morgan fingerprint density at radius 1 is 1.16 bits per heavy atom. The molecule has 3 nitrogen and oxygen atoms in total. The molecule has 0 aliphatic carbocycles. The molecule has 1 aromatic heterocycles. The lowest BCUT2D eigenvalue weighted by Crippen LogP contribution is -2.29. The van der Waals surface area contributed by atoms with Crippen LogP contribution in [0.5, 0.6) is 0 Å². The van der Waals surface area contributed by atoms with Crippen molar-refractivity contribution >= 4 is 10.9 Å². The van der Waals surface area contributed by atoms with E-state index in [1.165, 1.54) is 41.4 Å². The predicted octanol–water partition coefficient (Wildman–Crippen LogP) is 2.87. The zero-order valence-corrected chi connectivity index (χ0v) is 11.4. The van der Waals surface area contributed by atoms with Crippen molar-refractivity contribution in [1.29, 1.82) is 0 Å². The van der Waals surface area contributed by atoms with Crippen molar-refractivity contribution in [3.8, 4) is 0 Å². The summed E-state index contributed by atoms with van der Waals surface area (Å²) in [6.45, 7) is 1.91. The van der Waals surface area contributed by atoms with Gasteiger partial charge in [-0.3, -0.25) is 0 Å². The number of aromatic amines is 1. The molecule has 0 saturated carbocycles. The van der Waals surface area contributed by atoms with Gasteiger partial charge < -0.3 is 16.0 Å². The summed E-state index contributed by atoms with van der Waals surface area (Å²) in [7, 11) is 0. The Hall–Kier alpha value is -1.32. The molecule has 0 fully saturated rings. The number of rotatable bonds is 5. The average molecular weight is 257 g/mol. The van der Waals surface area contributed by atoms with Gasteiger partial charge in [0.25, 0.3) is 0 Å². The summed E-state index contributed by atoms with van der Waals surface area (Å²) in [5.74, 6) is 0. The third kappa shape index (κ3) is 2.53. The summed E-state index contributed by atoms with van der Waals surface area (Å²) in [4.78, 5) is 3.62. The molecule has 0 amide bonds. The number of para-hydroxylation sites is 1. The number of fused-ring (bicyclic) bond motifs is 3. The van der Waals surface area contributed by atoms with Gasteiger partial charge in [-0.05, 0) is 44.0 Å². The molecule has 0 bridgehead atoms. The van der Waals surface area contributed by atoms with Gasteiger partial charge in [-0.25, -0.2) is 0 Å². The molecule has 3 rings (SSSR count). The molecule has 4 N–H and O–H groups in total. The third-order valence-corrected chi connectivity index (χ3v) is 4.16. The zero-order valence-electron chi connectivity index (χ0n) is 11.4. The van der Waals surface area contributed by atoms with E-state index >= 15 is 0 Å². The zero-order chi connectivity index (χ0) is 13.1. The number of aromatic nitrogens is 1. The molecule has 1 aliphatic heterocycles. The van der Waals surface area contributed by atoms with Crippen molar-refractivity contribution in [1.82, 2.24) is 10.3 Å². The average Bonchev–Trinajstić information content (AvgIpc) is 2.83. The lowest BCUT2D eigenvalue weighted by molar-refractivity contribution is 0.447. The molecular weight excluding hydrogens is 234 g/mol. The van der Waals surface area contributed by atoms with Crippen LogP contribution in [0.15, 0.2) is 24.3 Å². The third-order valence-electron chi connectivity index (χ3n) is 4.16. The Morgan fingerprint density at radius 2 is 2.05 bits per heavy atom. The molecule has 19 heavy (non-hydrogen) atoms. The first-order valence-corrected chi connectivity index (χ1v) is 7.43. The first-order valence-electron chi connectivity index (χ1n) is 7.43. The van der Waals surface area contributed by atoms with Gasteiger partial charge in [-0.1, -0.05) is 31.0 Å². The number of benzene rings is 1. The molecule has 2 heterocycles. The number of nitrogens with one attached hydrogen (secondary N) is 2. The fourth-order valence-corrected chi connectivity index (χ4v) is 3.18. The number of H-pyrrole nitrogens is 1. The van der Waals surface area contributed by atoms with Crippen molar-refractivity contribution in [3.05, 3.63) is 35.5 Å². The van der Waals surface area contributed by atoms with Crippen molar-refractivity contribution in [3.63, 3.8) is 0 Å². The highest BCUT2D eigenvalue weighted by Crippen LogP contribution is 2.32. The van der Waals surface area contributed by atoms with Crippen LogP contribution in [0, 0.1) is 0 Å². The molecule has 0 saturated heterocycles. The molecule has 0 spiro atoms. The van der Waals surface area contributed by atoms with E-state index in [0.717, 1.165) is 25.9 Å². The second-order valence-corrected chi connectivity index (χ2v) is 5.46. The van der Waals surface area contributed by atoms with Gasteiger partial charge in [0, 0.05) is 22.6 Å². The maximum absolute atomic E-state index is 5.55. The number of hydrogen-bond acceptors (Lipinski definition) is 2. The number of unbranched alkanes of at least 4 members (excludes halogenated alkanes) is 2. The Bertz CT molecular complexity index is 544. The van der Waals surface area contributed by atoms with Crippen LogP contribution in [0.25, 0.3) is 10.9 Å². The van der Waals surface area contributed by atoms with E-state index in [1.54, 1.807) is 0 Å². The molecule has 1 aromatic carbocycles. The summed E-state index contributed by atoms with van der Waals surface area (Å²) < 4.78 is 0. The van der Waals surface area contributed by atoms with Crippen LogP contribution in [0.4, 0.5) is 0 Å². The fraction of sp³-hybridized carbons (Fsp3) is 0.500. The minimum Gasteiger partial charge on any atom is -0.357 e. The van der Waals surface area contributed by atoms with E-state index in [1.807, 2.05) is 0 Å². The van der Waals surface area contributed by atoms with Crippen molar-refractivity contribution in [2.24, 2.45) is 5.73 Å². The van der Waals surface area contributed by atoms with Crippen LogP contribution in [0.3, 0.4) is 0 Å². The van der Waals surface area contributed by atoms with Gasteiger partial charge in [0.1, 0.15) is 0 Å². The monoisotopic (exact) mass is 257 g/mol. The molecule has 2 aromatic rings. The van der Waals surface area contributed by atoms with Crippen LogP contribution in [-0.2, 0) is 6.42 Å². The smallest absolute Gasteiger partial charge is 0.0476 e. The van der Waals surface area contributed by atoms with Crippen molar-refractivity contribution in [2.75, 3.05) is 13.1 Å². The van der Waals surface area contributed by atoms with Gasteiger partial charge >= 0.3 is 0 Å². The maximum Gasteiger partial charge on any atom is 0.0476 e. The minimum absolute atomic E-state index is 0.494. The topological polar surface area (TPSA) is 53.8 Å². The van der Waals surface area contributed by atoms with Crippen LogP contribution in [0.1, 0.15) is 43.0 Å². The Morgan fingerprint density at radius 3 is 2.95 bits per heavy atom. The Kier molecular flexibility index (Phi) is 3.85. The predicted molar refractivity (Wildman–Crippen MR) is 80.3 cm³/mol. The van der Waals surface area contributed by atoms with E-state index in [-0.39, 0.29) is 0 Å². The second-order valence-electron chi connectivity index (χ2n) is 5.46. The highest BCUT2D eigenvalue weighted by atomic mass is 15.0. The van der Waals surface area contributed by atoms with Gasteiger partial charge in [0.05, 0.1) is 0 Å². The molecule has 0 radical (unpaired) electrons. The highest BCUT2D eigenvalue weighted by molar-refractivity contribution is 5.85. The Labute approximate surface area is 114 Å². The van der Waals surface area contributed by atoms with Gasteiger partial charge in [-0.15, -0.1) is 0 Å². The largest absolute Gasteiger partial charge is 0.357 e.